The van der Waals surface area contributed by atoms with Gasteiger partial charge in [0.15, 0.2) is 0 Å². The molecular weight excluding hydrogens is 538 g/mol. The van der Waals surface area contributed by atoms with Crippen molar-refractivity contribution in [1.29, 1.82) is 0 Å². The lowest BCUT2D eigenvalue weighted by Crippen LogP contribution is -2.44. The fourth-order valence-electron chi connectivity index (χ4n) is 6.08. The number of carbonyl (C=O) groups is 2. The van der Waals surface area contributed by atoms with Crippen molar-refractivity contribution in [2.24, 2.45) is 0 Å². The number of amides is 2. The van der Waals surface area contributed by atoms with Gasteiger partial charge < -0.3 is 19.7 Å². The van der Waals surface area contributed by atoms with Crippen LogP contribution in [0.4, 0.5) is 4.79 Å². The number of carbonyl (C=O) groups excluding carboxylic acids is 2. The molecule has 1 unspecified atom stereocenters. The van der Waals surface area contributed by atoms with Crippen LogP contribution in [0.25, 0.3) is 0 Å². The smallest absolute Gasteiger partial charge is 0.407 e. The third-order valence-electron chi connectivity index (χ3n) is 8.65. The minimum absolute atomic E-state index is 0. The van der Waals surface area contributed by atoms with Crippen LogP contribution in [0, 0.1) is 0 Å². The minimum Gasteiger partial charge on any atom is -0.449 e. The van der Waals surface area contributed by atoms with Crippen molar-refractivity contribution < 1.29 is 19.1 Å². The zero-order valence-corrected chi connectivity index (χ0v) is 27.3. The molecule has 0 aromatic heterocycles. The molecule has 0 aromatic carbocycles. The van der Waals surface area contributed by atoms with E-state index >= 15 is 0 Å². The van der Waals surface area contributed by atoms with Gasteiger partial charge >= 0.3 is 6.09 Å². The fourth-order valence-corrected chi connectivity index (χ4v) is 6.08. The molecule has 0 bridgehead atoms. The van der Waals surface area contributed by atoms with Gasteiger partial charge in [0.1, 0.15) is 0 Å². The van der Waals surface area contributed by atoms with Crippen molar-refractivity contribution in [3.8, 4) is 0 Å². The number of nitrogens with zero attached hydrogens (tertiary/aromatic N) is 2. The molecule has 2 fully saturated rings. The number of likely N-dealkylation sites (tertiary alicyclic amines) is 1. The van der Waals surface area contributed by atoms with E-state index < -0.39 is 0 Å². The van der Waals surface area contributed by atoms with Gasteiger partial charge in [0.05, 0.1) is 19.8 Å². The van der Waals surface area contributed by atoms with Crippen molar-refractivity contribution in [2.45, 2.75) is 148 Å². The SMILES string of the molecule is CCCCCCCCCCCCCCCCCC(=O)N1CCCCC1CCOC(=O)NCCCN1CCOCC1.Cl. The molecule has 41 heavy (non-hydrogen) atoms. The molecule has 8 heteroatoms. The third kappa shape index (κ3) is 19.7. The van der Waals surface area contributed by atoms with Crippen LogP contribution in [0.1, 0.15) is 142 Å². The first kappa shape index (κ1) is 38.0. The van der Waals surface area contributed by atoms with Crippen molar-refractivity contribution in [1.82, 2.24) is 15.1 Å². The number of alkyl carbamates (subject to hydrolysis) is 1. The van der Waals surface area contributed by atoms with Crippen LogP contribution in [-0.2, 0) is 14.3 Å². The quantitative estimate of drug-likeness (QED) is 0.121. The summed E-state index contributed by atoms with van der Waals surface area (Å²) >= 11 is 0. The highest BCUT2D eigenvalue weighted by Crippen LogP contribution is 2.22. The molecule has 2 heterocycles. The van der Waals surface area contributed by atoms with Gasteiger partial charge in [0, 0.05) is 45.1 Å². The van der Waals surface area contributed by atoms with E-state index in [2.05, 4.69) is 22.0 Å². The van der Waals surface area contributed by atoms with Crippen LogP contribution in [0.3, 0.4) is 0 Å². The van der Waals surface area contributed by atoms with Crippen LogP contribution in [0.15, 0.2) is 0 Å². The second-order valence-electron chi connectivity index (χ2n) is 12.1. The number of ether oxygens (including phenoxy) is 2. The monoisotopic (exact) mass is 601 g/mol. The van der Waals surface area contributed by atoms with E-state index in [0.29, 0.717) is 25.5 Å². The second kappa shape index (κ2) is 26.6. The van der Waals surface area contributed by atoms with Gasteiger partial charge in [-0.25, -0.2) is 4.79 Å². The molecule has 2 rings (SSSR count). The topological polar surface area (TPSA) is 71.1 Å². The highest BCUT2D eigenvalue weighted by Gasteiger charge is 2.26. The average Bonchev–Trinajstić information content (AvgIpc) is 2.98. The summed E-state index contributed by atoms with van der Waals surface area (Å²) in [5.74, 6) is 0.298. The van der Waals surface area contributed by atoms with Crippen molar-refractivity contribution in [3.05, 3.63) is 0 Å². The number of piperidine rings is 1. The van der Waals surface area contributed by atoms with E-state index in [-0.39, 0.29) is 24.5 Å². The maximum absolute atomic E-state index is 12.9. The Morgan fingerprint density at radius 2 is 1.37 bits per heavy atom. The first-order valence-electron chi connectivity index (χ1n) is 17.2. The lowest BCUT2D eigenvalue weighted by molar-refractivity contribution is -0.135. The summed E-state index contributed by atoms with van der Waals surface area (Å²) < 4.78 is 10.8. The van der Waals surface area contributed by atoms with Crippen molar-refractivity contribution in [3.63, 3.8) is 0 Å². The number of morpholine rings is 1. The summed E-state index contributed by atoms with van der Waals surface area (Å²) in [6.45, 7) is 8.67. The van der Waals surface area contributed by atoms with E-state index in [4.69, 9.17) is 9.47 Å². The Morgan fingerprint density at radius 1 is 0.780 bits per heavy atom. The normalized spacial score (nSPS) is 17.7. The Kier molecular flexibility index (Phi) is 24.6. The summed E-state index contributed by atoms with van der Waals surface area (Å²) in [7, 11) is 0. The summed E-state index contributed by atoms with van der Waals surface area (Å²) in [6.07, 6.45) is 25.4. The molecule has 1 atom stereocenters. The Bertz CT molecular complexity index is 634. The van der Waals surface area contributed by atoms with Crippen LogP contribution in [0.2, 0.25) is 0 Å². The highest BCUT2D eigenvalue weighted by molar-refractivity contribution is 5.85. The largest absolute Gasteiger partial charge is 0.449 e. The van der Waals surface area contributed by atoms with E-state index in [1.165, 1.54) is 83.5 Å². The molecule has 1 N–H and O–H groups in total. The van der Waals surface area contributed by atoms with Crippen LogP contribution < -0.4 is 5.32 Å². The maximum atomic E-state index is 12.9. The summed E-state index contributed by atoms with van der Waals surface area (Å²) in [5.41, 5.74) is 0. The van der Waals surface area contributed by atoms with Crippen molar-refractivity contribution >= 4 is 24.4 Å². The minimum atomic E-state index is -0.339. The number of hydrogen-bond acceptors (Lipinski definition) is 5. The molecule has 0 radical (unpaired) electrons. The molecule has 2 saturated heterocycles. The number of hydrogen-bond donors (Lipinski definition) is 1. The van der Waals surface area contributed by atoms with Gasteiger partial charge in [-0.2, -0.15) is 0 Å². The molecule has 0 spiro atoms. The fraction of sp³-hybridized carbons (Fsp3) is 0.939. The summed E-state index contributed by atoms with van der Waals surface area (Å²) in [5, 5.41) is 2.87. The maximum Gasteiger partial charge on any atom is 0.407 e. The Labute approximate surface area is 258 Å². The standard InChI is InChI=1S/C33H63N3O4.ClH/c1-2-3-4-5-6-7-8-9-10-11-12-13-14-15-16-21-32(37)36-25-18-17-20-31(36)22-28-40-33(38)34-23-19-24-35-26-29-39-30-27-35;/h31H,2-30H2,1H3,(H,34,38);1H. The molecule has 0 saturated carbocycles. The number of nitrogens with one attached hydrogen (secondary N) is 1. The lowest BCUT2D eigenvalue weighted by Gasteiger charge is -2.36. The second-order valence-corrected chi connectivity index (χ2v) is 12.1. The highest BCUT2D eigenvalue weighted by atomic mass is 35.5. The van der Waals surface area contributed by atoms with Gasteiger partial charge in [-0.3, -0.25) is 9.69 Å². The lowest BCUT2D eigenvalue weighted by atomic mass is 9.98. The molecule has 2 amide bonds. The molecule has 2 aliphatic heterocycles. The Morgan fingerprint density at radius 3 is 1.98 bits per heavy atom. The molecule has 0 aliphatic carbocycles. The zero-order chi connectivity index (χ0) is 28.5. The van der Waals surface area contributed by atoms with Crippen LogP contribution >= 0.6 is 12.4 Å². The summed E-state index contributed by atoms with van der Waals surface area (Å²) in [6, 6.07) is 0.215. The molecule has 242 valence electrons. The molecule has 2 aliphatic rings. The van der Waals surface area contributed by atoms with Gasteiger partial charge in [0.2, 0.25) is 5.91 Å². The first-order valence-corrected chi connectivity index (χ1v) is 17.2. The Balaban J connectivity index is 0.00000840. The van der Waals surface area contributed by atoms with Crippen LogP contribution in [-0.4, -0.2) is 80.4 Å². The molecule has 7 nitrogen and oxygen atoms in total. The number of unbranched alkanes of at least 4 members (excludes halogenated alkanes) is 14. The van der Waals surface area contributed by atoms with Crippen molar-refractivity contribution in [2.75, 3.05) is 52.5 Å². The first-order chi connectivity index (χ1) is 19.7. The van der Waals surface area contributed by atoms with E-state index in [1.807, 2.05) is 0 Å². The van der Waals surface area contributed by atoms with Gasteiger partial charge in [-0.15, -0.1) is 12.4 Å². The summed E-state index contributed by atoms with van der Waals surface area (Å²) in [4.78, 5) is 29.5. The Hall–Kier alpha value is -1.05. The van der Waals surface area contributed by atoms with Gasteiger partial charge in [-0.05, 0) is 38.6 Å². The predicted octanol–water partition coefficient (Wildman–Crippen LogP) is 7.89. The van der Waals surface area contributed by atoms with E-state index in [0.717, 1.165) is 84.3 Å². The van der Waals surface area contributed by atoms with E-state index in [1.54, 1.807) is 0 Å². The zero-order valence-electron chi connectivity index (χ0n) is 26.5. The number of halogens is 1. The predicted molar refractivity (Wildman–Crippen MR) is 172 cm³/mol. The molecular formula is C33H64ClN3O4. The number of rotatable bonds is 23. The van der Waals surface area contributed by atoms with E-state index in [9.17, 15) is 9.59 Å². The third-order valence-corrected chi connectivity index (χ3v) is 8.65. The van der Waals surface area contributed by atoms with Gasteiger partial charge in [-0.1, -0.05) is 96.8 Å². The average molecular weight is 602 g/mol. The molecule has 0 aromatic rings. The van der Waals surface area contributed by atoms with Crippen LogP contribution in [0.5, 0.6) is 0 Å². The van der Waals surface area contributed by atoms with Gasteiger partial charge in [0.25, 0.3) is 0 Å².